The van der Waals surface area contributed by atoms with Crippen molar-refractivity contribution in [2.45, 2.75) is 26.7 Å². The predicted molar refractivity (Wildman–Crippen MR) is 71.3 cm³/mol. The summed E-state index contributed by atoms with van der Waals surface area (Å²) in [6.07, 6.45) is 0. The zero-order valence-electron chi connectivity index (χ0n) is 10.3. The largest absolute Gasteiger partial charge is 0.464 e. The van der Waals surface area contributed by atoms with Crippen molar-refractivity contribution in [1.82, 2.24) is 0 Å². The zero-order valence-corrected chi connectivity index (χ0v) is 11.0. The molecular weight excluding hydrogens is 250 g/mol. The second-order valence-electron chi connectivity index (χ2n) is 4.12. The van der Waals surface area contributed by atoms with Gasteiger partial charge >= 0.3 is 0 Å². The highest BCUT2D eigenvalue weighted by Crippen LogP contribution is 2.16. The predicted octanol–water partition coefficient (Wildman–Crippen LogP) is 3.42. The van der Waals surface area contributed by atoms with Crippen molar-refractivity contribution in [3.05, 3.63) is 58.0 Å². The fourth-order valence-electron chi connectivity index (χ4n) is 1.71. The SMILES string of the molecule is Cc1oc(COCc2ccc(Cl)cc2)cc1CN. The van der Waals surface area contributed by atoms with Gasteiger partial charge in [0.25, 0.3) is 0 Å². The van der Waals surface area contributed by atoms with E-state index in [4.69, 9.17) is 26.5 Å². The molecule has 96 valence electrons. The van der Waals surface area contributed by atoms with E-state index in [9.17, 15) is 0 Å². The molecule has 0 aliphatic rings. The smallest absolute Gasteiger partial charge is 0.130 e. The Bertz CT molecular complexity index is 505. The van der Waals surface area contributed by atoms with Gasteiger partial charge in [-0.3, -0.25) is 0 Å². The molecule has 1 heterocycles. The summed E-state index contributed by atoms with van der Waals surface area (Å²) in [5, 5.41) is 0.730. The van der Waals surface area contributed by atoms with Crippen LogP contribution < -0.4 is 5.73 Å². The third kappa shape index (κ3) is 3.35. The standard InChI is InChI=1S/C14H16ClNO2/c1-10-12(7-16)6-14(18-10)9-17-8-11-2-4-13(15)5-3-11/h2-6H,7-9,16H2,1H3. The van der Waals surface area contributed by atoms with Crippen LogP contribution in [0.4, 0.5) is 0 Å². The van der Waals surface area contributed by atoms with Crippen LogP contribution in [0.25, 0.3) is 0 Å². The molecule has 0 unspecified atom stereocenters. The van der Waals surface area contributed by atoms with E-state index in [0.717, 1.165) is 27.7 Å². The Morgan fingerprint density at radius 3 is 2.56 bits per heavy atom. The van der Waals surface area contributed by atoms with Crippen LogP contribution in [0.5, 0.6) is 0 Å². The lowest BCUT2D eigenvalue weighted by Crippen LogP contribution is -1.95. The summed E-state index contributed by atoms with van der Waals surface area (Å²) in [5.41, 5.74) is 7.70. The summed E-state index contributed by atoms with van der Waals surface area (Å²) in [4.78, 5) is 0. The van der Waals surface area contributed by atoms with E-state index in [-0.39, 0.29) is 0 Å². The van der Waals surface area contributed by atoms with Crippen molar-refractivity contribution < 1.29 is 9.15 Å². The van der Waals surface area contributed by atoms with Gasteiger partial charge in [-0.1, -0.05) is 23.7 Å². The number of halogens is 1. The topological polar surface area (TPSA) is 48.4 Å². The number of rotatable bonds is 5. The average Bonchev–Trinajstić information content (AvgIpc) is 2.72. The van der Waals surface area contributed by atoms with Crippen molar-refractivity contribution in [3.8, 4) is 0 Å². The molecule has 1 aromatic heterocycles. The summed E-state index contributed by atoms with van der Waals surface area (Å²) < 4.78 is 11.1. The molecule has 1 aromatic carbocycles. The number of furan rings is 1. The lowest BCUT2D eigenvalue weighted by atomic mass is 10.2. The molecule has 0 atom stereocenters. The number of aryl methyl sites for hydroxylation is 1. The lowest BCUT2D eigenvalue weighted by molar-refractivity contribution is 0.0923. The Balaban J connectivity index is 1.86. The molecule has 2 aromatic rings. The molecule has 0 radical (unpaired) electrons. The van der Waals surface area contributed by atoms with Gasteiger partial charge in [0.05, 0.1) is 6.61 Å². The van der Waals surface area contributed by atoms with Crippen LogP contribution in [-0.2, 0) is 24.5 Å². The van der Waals surface area contributed by atoms with Crippen LogP contribution in [0.1, 0.15) is 22.6 Å². The minimum atomic E-state index is 0.448. The number of hydrogen-bond donors (Lipinski definition) is 1. The Kier molecular flexibility index (Phi) is 4.42. The second kappa shape index (κ2) is 6.05. The third-order valence-electron chi connectivity index (χ3n) is 2.72. The Hall–Kier alpha value is -1.29. The molecule has 0 fully saturated rings. The van der Waals surface area contributed by atoms with Gasteiger partial charge in [0.1, 0.15) is 18.1 Å². The van der Waals surface area contributed by atoms with E-state index in [2.05, 4.69) is 0 Å². The van der Waals surface area contributed by atoms with Gasteiger partial charge in [0.2, 0.25) is 0 Å². The maximum atomic E-state index is 5.81. The van der Waals surface area contributed by atoms with Gasteiger partial charge in [0.15, 0.2) is 0 Å². The molecule has 4 heteroatoms. The monoisotopic (exact) mass is 265 g/mol. The van der Waals surface area contributed by atoms with E-state index < -0.39 is 0 Å². The molecule has 0 aliphatic heterocycles. The summed E-state index contributed by atoms with van der Waals surface area (Å²) >= 11 is 5.81. The van der Waals surface area contributed by atoms with Gasteiger partial charge < -0.3 is 14.9 Å². The van der Waals surface area contributed by atoms with Gasteiger partial charge in [-0.25, -0.2) is 0 Å². The van der Waals surface area contributed by atoms with E-state index in [0.29, 0.717) is 19.8 Å². The highest BCUT2D eigenvalue weighted by Gasteiger charge is 2.05. The highest BCUT2D eigenvalue weighted by molar-refractivity contribution is 6.30. The van der Waals surface area contributed by atoms with Crippen LogP contribution in [0.3, 0.4) is 0 Å². The van der Waals surface area contributed by atoms with Gasteiger partial charge in [-0.15, -0.1) is 0 Å². The van der Waals surface area contributed by atoms with Crippen molar-refractivity contribution in [2.24, 2.45) is 5.73 Å². The number of nitrogens with two attached hydrogens (primary N) is 1. The van der Waals surface area contributed by atoms with Crippen LogP contribution >= 0.6 is 11.6 Å². The summed E-state index contributed by atoms with van der Waals surface area (Å²) in [5.74, 6) is 1.67. The minimum absolute atomic E-state index is 0.448. The van der Waals surface area contributed by atoms with Crippen LogP contribution in [0, 0.1) is 6.92 Å². The number of ether oxygens (including phenoxy) is 1. The van der Waals surface area contributed by atoms with E-state index in [1.807, 2.05) is 37.3 Å². The molecule has 0 spiro atoms. The summed E-state index contributed by atoms with van der Waals surface area (Å²) in [6, 6.07) is 9.53. The number of hydrogen-bond acceptors (Lipinski definition) is 3. The first-order valence-electron chi connectivity index (χ1n) is 5.79. The van der Waals surface area contributed by atoms with Gasteiger partial charge in [-0.05, 0) is 30.7 Å². The molecule has 18 heavy (non-hydrogen) atoms. The lowest BCUT2D eigenvalue weighted by Gasteiger charge is -2.02. The maximum absolute atomic E-state index is 5.81. The van der Waals surface area contributed by atoms with Crippen molar-refractivity contribution >= 4 is 11.6 Å². The second-order valence-corrected chi connectivity index (χ2v) is 4.55. The molecule has 0 aliphatic carbocycles. The Morgan fingerprint density at radius 2 is 1.94 bits per heavy atom. The van der Waals surface area contributed by atoms with E-state index in [1.54, 1.807) is 0 Å². The van der Waals surface area contributed by atoms with Crippen molar-refractivity contribution in [3.63, 3.8) is 0 Å². The minimum Gasteiger partial charge on any atom is -0.464 e. The zero-order chi connectivity index (χ0) is 13.0. The van der Waals surface area contributed by atoms with Crippen molar-refractivity contribution in [2.75, 3.05) is 0 Å². The van der Waals surface area contributed by atoms with Crippen molar-refractivity contribution in [1.29, 1.82) is 0 Å². The molecule has 2 rings (SSSR count). The van der Waals surface area contributed by atoms with E-state index in [1.165, 1.54) is 0 Å². The van der Waals surface area contributed by atoms with Crippen LogP contribution in [0.15, 0.2) is 34.7 Å². The third-order valence-corrected chi connectivity index (χ3v) is 2.97. The molecule has 3 nitrogen and oxygen atoms in total. The first-order valence-corrected chi connectivity index (χ1v) is 6.17. The highest BCUT2D eigenvalue weighted by atomic mass is 35.5. The Labute approximate surface area is 111 Å². The van der Waals surface area contributed by atoms with Crippen LogP contribution in [-0.4, -0.2) is 0 Å². The van der Waals surface area contributed by atoms with E-state index >= 15 is 0 Å². The Morgan fingerprint density at radius 1 is 1.22 bits per heavy atom. The fourth-order valence-corrected chi connectivity index (χ4v) is 1.84. The first-order chi connectivity index (χ1) is 8.69. The molecule has 0 bridgehead atoms. The van der Waals surface area contributed by atoms with Gasteiger partial charge in [0, 0.05) is 17.1 Å². The fraction of sp³-hybridized carbons (Fsp3) is 0.286. The maximum Gasteiger partial charge on any atom is 0.130 e. The first kappa shape index (κ1) is 13.1. The quantitative estimate of drug-likeness (QED) is 0.901. The molecule has 0 amide bonds. The molecule has 0 saturated carbocycles. The number of benzene rings is 1. The normalized spacial score (nSPS) is 10.8. The average molecular weight is 266 g/mol. The van der Waals surface area contributed by atoms with Crippen LogP contribution in [0.2, 0.25) is 5.02 Å². The molecular formula is C14H16ClNO2. The molecule has 2 N–H and O–H groups in total. The van der Waals surface area contributed by atoms with Gasteiger partial charge in [-0.2, -0.15) is 0 Å². The summed E-state index contributed by atoms with van der Waals surface area (Å²) in [6.45, 7) is 3.38. The summed E-state index contributed by atoms with van der Waals surface area (Å²) in [7, 11) is 0. The molecule has 0 saturated heterocycles.